The van der Waals surface area contributed by atoms with Crippen molar-refractivity contribution in [1.29, 1.82) is 0 Å². The van der Waals surface area contributed by atoms with E-state index in [4.69, 9.17) is 0 Å². The molecule has 1 saturated heterocycles. The Balaban J connectivity index is 1.89. The van der Waals surface area contributed by atoms with E-state index in [0.29, 0.717) is 0 Å². The second-order valence-corrected chi connectivity index (χ2v) is 6.94. The number of hydrogen-bond acceptors (Lipinski definition) is 2. The van der Waals surface area contributed by atoms with Crippen LogP contribution in [0.3, 0.4) is 0 Å². The first-order valence-electron chi connectivity index (χ1n) is 8.72. The maximum atomic E-state index is 3.82. The fourth-order valence-corrected chi connectivity index (χ4v) is 4.20. The van der Waals surface area contributed by atoms with Crippen molar-refractivity contribution in [2.24, 2.45) is 11.8 Å². The van der Waals surface area contributed by atoms with E-state index in [1.165, 1.54) is 64.6 Å². The molecule has 1 aliphatic carbocycles. The fourth-order valence-electron chi connectivity index (χ4n) is 4.20. The summed E-state index contributed by atoms with van der Waals surface area (Å²) >= 11 is 0. The van der Waals surface area contributed by atoms with Gasteiger partial charge in [-0.25, -0.2) is 0 Å². The molecule has 1 heterocycles. The van der Waals surface area contributed by atoms with Crippen molar-refractivity contribution in [3.63, 3.8) is 0 Å². The molecule has 0 radical (unpaired) electrons. The van der Waals surface area contributed by atoms with Gasteiger partial charge >= 0.3 is 0 Å². The maximum absolute atomic E-state index is 3.82. The Morgan fingerprint density at radius 3 is 2.74 bits per heavy atom. The zero-order valence-corrected chi connectivity index (χ0v) is 13.3. The van der Waals surface area contributed by atoms with Crippen LogP contribution in [0.25, 0.3) is 0 Å². The lowest BCUT2D eigenvalue weighted by Gasteiger charge is -2.39. The molecule has 0 bridgehead atoms. The highest BCUT2D eigenvalue weighted by Gasteiger charge is 2.32. The first kappa shape index (κ1) is 15.3. The highest BCUT2D eigenvalue weighted by atomic mass is 15.2. The van der Waals surface area contributed by atoms with E-state index in [0.717, 1.165) is 23.9 Å². The van der Waals surface area contributed by atoms with Gasteiger partial charge in [0.1, 0.15) is 0 Å². The summed E-state index contributed by atoms with van der Waals surface area (Å²) in [5.41, 5.74) is 0. The monoisotopic (exact) mass is 266 g/mol. The van der Waals surface area contributed by atoms with E-state index in [2.05, 4.69) is 31.0 Å². The summed E-state index contributed by atoms with van der Waals surface area (Å²) < 4.78 is 0. The third-order valence-corrected chi connectivity index (χ3v) is 5.34. The normalized spacial score (nSPS) is 36.8. The SMILES string of the molecule is CCCNC1CCC(C)CC1CN1CCCC1CC. The van der Waals surface area contributed by atoms with Gasteiger partial charge in [0.15, 0.2) is 0 Å². The lowest BCUT2D eigenvalue weighted by Crippen LogP contribution is -2.46. The average molecular weight is 266 g/mol. The fraction of sp³-hybridized carbons (Fsp3) is 1.00. The van der Waals surface area contributed by atoms with Crippen molar-refractivity contribution in [1.82, 2.24) is 10.2 Å². The molecular weight excluding hydrogens is 232 g/mol. The van der Waals surface area contributed by atoms with Crippen molar-refractivity contribution in [3.8, 4) is 0 Å². The molecule has 2 heteroatoms. The van der Waals surface area contributed by atoms with E-state index in [1.807, 2.05) is 0 Å². The Bertz CT molecular complexity index is 252. The van der Waals surface area contributed by atoms with Crippen LogP contribution < -0.4 is 5.32 Å². The van der Waals surface area contributed by atoms with E-state index in [1.54, 1.807) is 0 Å². The zero-order chi connectivity index (χ0) is 13.7. The molecule has 0 aromatic heterocycles. The van der Waals surface area contributed by atoms with E-state index in [9.17, 15) is 0 Å². The molecule has 2 rings (SSSR count). The number of rotatable bonds is 6. The van der Waals surface area contributed by atoms with Gasteiger partial charge < -0.3 is 10.2 Å². The molecule has 2 nitrogen and oxygen atoms in total. The third-order valence-electron chi connectivity index (χ3n) is 5.34. The molecule has 0 aromatic rings. The molecule has 112 valence electrons. The number of likely N-dealkylation sites (tertiary alicyclic amines) is 1. The Morgan fingerprint density at radius 2 is 2.00 bits per heavy atom. The van der Waals surface area contributed by atoms with E-state index in [-0.39, 0.29) is 0 Å². The molecule has 1 aliphatic heterocycles. The van der Waals surface area contributed by atoms with Crippen LogP contribution in [0.1, 0.15) is 65.7 Å². The van der Waals surface area contributed by atoms with Crippen LogP contribution in [0.5, 0.6) is 0 Å². The standard InChI is InChI=1S/C17H34N2/c1-4-10-18-17-9-8-14(3)12-15(17)13-19-11-6-7-16(19)5-2/h14-18H,4-13H2,1-3H3. The lowest BCUT2D eigenvalue weighted by atomic mass is 9.78. The van der Waals surface area contributed by atoms with Crippen LogP contribution >= 0.6 is 0 Å². The van der Waals surface area contributed by atoms with Gasteiger partial charge in [-0.3, -0.25) is 0 Å². The predicted molar refractivity (Wildman–Crippen MR) is 83.5 cm³/mol. The van der Waals surface area contributed by atoms with Gasteiger partial charge in [0.25, 0.3) is 0 Å². The quantitative estimate of drug-likeness (QED) is 0.789. The van der Waals surface area contributed by atoms with Crippen LogP contribution in [0, 0.1) is 11.8 Å². The molecule has 4 atom stereocenters. The Hall–Kier alpha value is -0.0800. The van der Waals surface area contributed by atoms with Crippen LogP contribution in [-0.4, -0.2) is 36.6 Å². The summed E-state index contributed by atoms with van der Waals surface area (Å²) in [5.74, 6) is 1.83. The molecule has 1 N–H and O–H groups in total. The van der Waals surface area contributed by atoms with E-state index < -0.39 is 0 Å². The van der Waals surface area contributed by atoms with Gasteiger partial charge in [-0.15, -0.1) is 0 Å². The second-order valence-electron chi connectivity index (χ2n) is 6.94. The minimum Gasteiger partial charge on any atom is -0.314 e. The summed E-state index contributed by atoms with van der Waals surface area (Å²) in [4.78, 5) is 2.79. The van der Waals surface area contributed by atoms with Gasteiger partial charge in [0.05, 0.1) is 0 Å². The molecular formula is C17H34N2. The number of nitrogens with one attached hydrogen (secondary N) is 1. The van der Waals surface area contributed by atoms with Crippen molar-refractivity contribution < 1.29 is 0 Å². The summed E-state index contributed by atoms with van der Waals surface area (Å²) in [6, 6.07) is 1.67. The van der Waals surface area contributed by atoms with E-state index >= 15 is 0 Å². The Morgan fingerprint density at radius 1 is 1.16 bits per heavy atom. The average Bonchev–Trinajstić information content (AvgIpc) is 2.85. The second kappa shape index (κ2) is 7.64. The first-order chi connectivity index (χ1) is 9.24. The first-order valence-corrected chi connectivity index (χ1v) is 8.72. The molecule has 0 amide bonds. The Labute approximate surface area is 120 Å². The van der Waals surface area contributed by atoms with Gasteiger partial charge in [0, 0.05) is 18.6 Å². The maximum Gasteiger partial charge on any atom is 0.0108 e. The van der Waals surface area contributed by atoms with Gasteiger partial charge in [-0.05, 0) is 69.9 Å². The lowest BCUT2D eigenvalue weighted by molar-refractivity contribution is 0.135. The van der Waals surface area contributed by atoms with Crippen molar-refractivity contribution in [3.05, 3.63) is 0 Å². The highest BCUT2D eigenvalue weighted by Crippen LogP contribution is 2.32. The largest absolute Gasteiger partial charge is 0.314 e. The topological polar surface area (TPSA) is 15.3 Å². The zero-order valence-electron chi connectivity index (χ0n) is 13.3. The molecule has 0 aromatic carbocycles. The van der Waals surface area contributed by atoms with Crippen LogP contribution in [0.15, 0.2) is 0 Å². The molecule has 2 fully saturated rings. The smallest absolute Gasteiger partial charge is 0.0108 e. The third kappa shape index (κ3) is 4.19. The van der Waals surface area contributed by atoms with Crippen molar-refractivity contribution >= 4 is 0 Å². The van der Waals surface area contributed by atoms with Crippen molar-refractivity contribution in [2.75, 3.05) is 19.6 Å². The number of hydrogen-bond donors (Lipinski definition) is 1. The summed E-state index contributed by atoms with van der Waals surface area (Å²) in [5, 5.41) is 3.82. The minimum absolute atomic E-state index is 0.786. The summed E-state index contributed by atoms with van der Waals surface area (Å²) in [7, 11) is 0. The summed E-state index contributed by atoms with van der Waals surface area (Å²) in [6.45, 7) is 11.0. The predicted octanol–water partition coefficient (Wildman–Crippen LogP) is 3.67. The molecule has 2 aliphatic rings. The molecule has 4 unspecified atom stereocenters. The molecule has 1 saturated carbocycles. The van der Waals surface area contributed by atoms with Gasteiger partial charge in [-0.1, -0.05) is 20.8 Å². The minimum atomic E-state index is 0.786. The number of nitrogens with zero attached hydrogens (tertiary/aromatic N) is 1. The van der Waals surface area contributed by atoms with Gasteiger partial charge in [-0.2, -0.15) is 0 Å². The van der Waals surface area contributed by atoms with Gasteiger partial charge in [0.2, 0.25) is 0 Å². The molecule has 19 heavy (non-hydrogen) atoms. The molecule has 0 spiro atoms. The van der Waals surface area contributed by atoms with Crippen LogP contribution in [0.2, 0.25) is 0 Å². The van der Waals surface area contributed by atoms with Crippen LogP contribution in [0.4, 0.5) is 0 Å². The highest BCUT2D eigenvalue weighted by molar-refractivity contribution is 4.88. The van der Waals surface area contributed by atoms with Crippen LogP contribution in [-0.2, 0) is 0 Å². The Kier molecular flexibility index (Phi) is 6.15. The summed E-state index contributed by atoms with van der Waals surface area (Å²) in [6.07, 6.45) is 9.73. The van der Waals surface area contributed by atoms with Crippen molar-refractivity contribution in [2.45, 2.75) is 77.8 Å².